The van der Waals surface area contributed by atoms with Crippen LogP contribution in [0.15, 0.2) is 24.3 Å². The van der Waals surface area contributed by atoms with Gasteiger partial charge in [0.2, 0.25) is 0 Å². The van der Waals surface area contributed by atoms with Crippen molar-refractivity contribution in [1.82, 2.24) is 9.80 Å². The fourth-order valence-electron chi connectivity index (χ4n) is 4.16. The molecule has 2 saturated heterocycles. The molecular formula is C20H31ClN2O. The molecule has 1 aromatic rings. The first-order chi connectivity index (χ1) is 11.6. The van der Waals surface area contributed by atoms with E-state index in [1.54, 1.807) is 0 Å². The van der Waals surface area contributed by atoms with E-state index in [0.29, 0.717) is 6.04 Å². The van der Waals surface area contributed by atoms with Gasteiger partial charge in [0.05, 0.1) is 6.10 Å². The lowest BCUT2D eigenvalue weighted by Gasteiger charge is -2.33. The van der Waals surface area contributed by atoms with E-state index < -0.39 is 0 Å². The summed E-state index contributed by atoms with van der Waals surface area (Å²) >= 11 is 6.32. The zero-order chi connectivity index (χ0) is 16.9. The van der Waals surface area contributed by atoms with Gasteiger partial charge in [-0.05, 0) is 69.3 Å². The number of β-amino-alcohol motifs (C(OH)–C–C–N with tert-alkyl or cyclic N) is 1. The van der Waals surface area contributed by atoms with Crippen molar-refractivity contribution in [3.63, 3.8) is 0 Å². The van der Waals surface area contributed by atoms with Crippen LogP contribution in [0, 0.1) is 5.92 Å². The van der Waals surface area contributed by atoms with E-state index in [-0.39, 0.29) is 6.10 Å². The van der Waals surface area contributed by atoms with Crippen LogP contribution >= 0.6 is 11.6 Å². The Morgan fingerprint density at radius 1 is 1.12 bits per heavy atom. The van der Waals surface area contributed by atoms with Gasteiger partial charge in [-0.15, -0.1) is 0 Å². The van der Waals surface area contributed by atoms with Crippen molar-refractivity contribution in [2.45, 2.75) is 51.2 Å². The van der Waals surface area contributed by atoms with Gasteiger partial charge in [0.15, 0.2) is 0 Å². The van der Waals surface area contributed by atoms with Crippen LogP contribution in [0.4, 0.5) is 0 Å². The molecule has 0 unspecified atom stereocenters. The van der Waals surface area contributed by atoms with E-state index in [9.17, 15) is 5.11 Å². The van der Waals surface area contributed by atoms with Crippen LogP contribution in [0.2, 0.25) is 5.02 Å². The van der Waals surface area contributed by atoms with E-state index in [1.807, 2.05) is 12.1 Å². The van der Waals surface area contributed by atoms with E-state index in [0.717, 1.165) is 50.1 Å². The zero-order valence-corrected chi connectivity index (χ0v) is 15.6. The molecule has 2 aliphatic heterocycles. The molecule has 0 aliphatic carbocycles. The van der Waals surface area contributed by atoms with Crippen molar-refractivity contribution in [2.24, 2.45) is 5.92 Å². The monoisotopic (exact) mass is 350 g/mol. The summed E-state index contributed by atoms with van der Waals surface area (Å²) in [7, 11) is 0. The van der Waals surface area contributed by atoms with E-state index in [1.165, 1.54) is 31.2 Å². The Kier molecular flexibility index (Phi) is 6.56. The van der Waals surface area contributed by atoms with Gasteiger partial charge in [0, 0.05) is 24.2 Å². The van der Waals surface area contributed by atoms with Crippen molar-refractivity contribution in [2.75, 3.05) is 32.7 Å². The molecular weight excluding hydrogens is 320 g/mol. The van der Waals surface area contributed by atoms with Crippen LogP contribution in [0.3, 0.4) is 0 Å². The Balaban J connectivity index is 1.49. The maximum absolute atomic E-state index is 10.6. The first-order valence-corrected chi connectivity index (χ1v) is 9.87. The second kappa shape index (κ2) is 8.66. The van der Waals surface area contributed by atoms with Gasteiger partial charge in [-0.2, -0.15) is 0 Å². The van der Waals surface area contributed by atoms with Gasteiger partial charge in [-0.3, -0.25) is 4.90 Å². The molecule has 0 aromatic heterocycles. The largest absolute Gasteiger partial charge is 0.390 e. The molecule has 0 amide bonds. The summed E-state index contributed by atoms with van der Waals surface area (Å²) in [5, 5.41) is 11.4. The predicted octanol–water partition coefficient (Wildman–Crippen LogP) is 3.44. The van der Waals surface area contributed by atoms with E-state index in [4.69, 9.17) is 11.6 Å². The second-order valence-corrected chi connectivity index (χ2v) is 8.13. The molecule has 1 N–H and O–H groups in total. The average Bonchev–Trinajstić information content (AvgIpc) is 2.99. The smallest absolute Gasteiger partial charge is 0.0793 e. The Morgan fingerprint density at radius 3 is 2.62 bits per heavy atom. The van der Waals surface area contributed by atoms with Gasteiger partial charge in [-0.25, -0.2) is 0 Å². The number of halogens is 1. The molecule has 134 valence electrons. The summed E-state index contributed by atoms with van der Waals surface area (Å²) < 4.78 is 0. The number of hydrogen-bond donors (Lipinski definition) is 1. The number of nitrogens with zero attached hydrogens (tertiary/aromatic N) is 2. The summed E-state index contributed by atoms with van der Waals surface area (Å²) in [5.41, 5.74) is 1.23. The molecule has 1 aromatic carbocycles. The number of rotatable bonds is 6. The SMILES string of the molecule is CC1CCN(C[C@H](O)CN2CCC[C@H]2Cc2ccccc2Cl)CC1. The van der Waals surface area contributed by atoms with Gasteiger partial charge in [0.25, 0.3) is 0 Å². The quantitative estimate of drug-likeness (QED) is 0.851. The number of likely N-dealkylation sites (tertiary alicyclic amines) is 2. The molecule has 2 fully saturated rings. The molecule has 2 heterocycles. The molecule has 0 saturated carbocycles. The first-order valence-electron chi connectivity index (χ1n) is 9.49. The normalized spacial score (nSPS) is 25.2. The van der Waals surface area contributed by atoms with Gasteiger partial charge < -0.3 is 10.0 Å². The van der Waals surface area contributed by atoms with Gasteiger partial charge in [-0.1, -0.05) is 36.7 Å². The Bertz CT molecular complexity index is 516. The molecule has 24 heavy (non-hydrogen) atoms. The molecule has 0 radical (unpaired) electrons. The van der Waals surface area contributed by atoms with E-state index >= 15 is 0 Å². The zero-order valence-electron chi connectivity index (χ0n) is 14.8. The lowest BCUT2D eigenvalue weighted by molar-refractivity contribution is 0.0577. The highest BCUT2D eigenvalue weighted by Gasteiger charge is 2.28. The van der Waals surface area contributed by atoms with Crippen LogP contribution in [-0.2, 0) is 6.42 Å². The lowest BCUT2D eigenvalue weighted by Crippen LogP contribution is -2.44. The molecule has 2 aliphatic rings. The standard InChI is InChI=1S/C20H31ClN2O/c1-16-8-11-22(12-9-16)14-19(24)15-23-10-4-6-18(23)13-17-5-2-3-7-20(17)21/h2-3,5,7,16,18-19,24H,4,6,8-15H2,1H3/t18-,19-/m0/s1. The third-order valence-corrected chi connectivity index (χ3v) is 6.07. The van der Waals surface area contributed by atoms with Gasteiger partial charge >= 0.3 is 0 Å². The highest BCUT2D eigenvalue weighted by Crippen LogP contribution is 2.25. The van der Waals surface area contributed by atoms with Crippen LogP contribution < -0.4 is 0 Å². The minimum Gasteiger partial charge on any atom is -0.390 e. The highest BCUT2D eigenvalue weighted by atomic mass is 35.5. The Morgan fingerprint density at radius 2 is 1.88 bits per heavy atom. The average molecular weight is 351 g/mol. The third kappa shape index (κ3) is 4.95. The van der Waals surface area contributed by atoms with Crippen LogP contribution in [0.25, 0.3) is 0 Å². The van der Waals surface area contributed by atoms with Crippen molar-refractivity contribution >= 4 is 11.6 Å². The van der Waals surface area contributed by atoms with Crippen molar-refractivity contribution < 1.29 is 5.11 Å². The number of benzene rings is 1. The summed E-state index contributed by atoms with van der Waals surface area (Å²) in [6, 6.07) is 8.67. The van der Waals surface area contributed by atoms with Crippen molar-refractivity contribution in [3.8, 4) is 0 Å². The van der Waals surface area contributed by atoms with Crippen LogP contribution in [-0.4, -0.2) is 59.8 Å². The molecule has 3 rings (SSSR count). The van der Waals surface area contributed by atoms with Crippen molar-refractivity contribution in [3.05, 3.63) is 34.9 Å². The summed E-state index contributed by atoms with van der Waals surface area (Å²) in [5.74, 6) is 0.844. The third-order valence-electron chi connectivity index (χ3n) is 5.70. The van der Waals surface area contributed by atoms with Crippen molar-refractivity contribution in [1.29, 1.82) is 0 Å². The molecule has 4 heteroatoms. The number of piperidine rings is 1. The fourth-order valence-corrected chi connectivity index (χ4v) is 4.37. The maximum atomic E-state index is 10.6. The summed E-state index contributed by atoms with van der Waals surface area (Å²) in [6.45, 7) is 7.33. The number of aliphatic hydroxyl groups excluding tert-OH is 1. The molecule has 0 bridgehead atoms. The molecule has 0 spiro atoms. The Labute approximate surface area is 151 Å². The minimum absolute atomic E-state index is 0.245. The Hall–Kier alpha value is -0.610. The summed E-state index contributed by atoms with van der Waals surface area (Å²) in [6.07, 6.45) is 5.72. The van der Waals surface area contributed by atoms with Crippen LogP contribution in [0.1, 0.15) is 38.2 Å². The number of aliphatic hydroxyl groups is 1. The fraction of sp³-hybridized carbons (Fsp3) is 0.700. The summed E-state index contributed by atoms with van der Waals surface area (Å²) in [4.78, 5) is 4.91. The topological polar surface area (TPSA) is 26.7 Å². The number of hydrogen-bond acceptors (Lipinski definition) is 3. The second-order valence-electron chi connectivity index (χ2n) is 7.72. The first kappa shape index (κ1) is 18.2. The maximum Gasteiger partial charge on any atom is 0.0793 e. The van der Waals surface area contributed by atoms with Gasteiger partial charge in [0.1, 0.15) is 0 Å². The van der Waals surface area contributed by atoms with E-state index in [2.05, 4.69) is 28.9 Å². The lowest BCUT2D eigenvalue weighted by atomic mass is 9.99. The highest BCUT2D eigenvalue weighted by molar-refractivity contribution is 6.31. The predicted molar refractivity (Wildman–Crippen MR) is 101 cm³/mol. The molecule has 2 atom stereocenters. The van der Waals surface area contributed by atoms with Crippen LogP contribution in [0.5, 0.6) is 0 Å². The molecule has 3 nitrogen and oxygen atoms in total. The minimum atomic E-state index is -0.245.